The molecule has 1 atom stereocenters. The van der Waals surface area contributed by atoms with Crippen molar-refractivity contribution in [3.05, 3.63) is 69.3 Å². The third kappa shape index (κ3) is 6.18. The van der Waals surface area contributed by atoms with Gasteiger partial charge < -0.3 is 20.1 Å². The number of aryl methyl sites for hydroxylation is 1. The van der Waals surface area contributed by atoms with Crippen LogP contribution in [0.3, 0.4) is 0 Å². The molecule has 1 heterocycles. The van der Waals surface area contributed by atoms with E-state index in [1.165, 1.54) is 12.1 Å². The van der Waals surface area contributed by atoms with E-state index < -0.39 is 4.92 Å². The average molecular weight is 412 g/mol. The van der Waals surface area contributed by atoms with Crippen LogP contribution in [-0.2, 0) is 17.8 Å². The van der Waals surface area contributed by atoms with Gasteiger partial charge in [0.15, 0.2) is 5.96 Å². The van der Waals surface area contributed by atoms with Crippen LogP contribution < -0.4 is 15.4 Å². The maximum absolute atomic E-state index is 10.8. The minimum atomic E-state index is -0.405. The van der Waals surface area contributed by atoms with E-state index in [9.17, 15) is 10.1 Å². The van der Waals surface area contributed by atoms with Gasteiger partial charge >= 0.3 is 0 Å². The Morgan fingerprint density at radius 2 is 2.00 bits per heavy atom. The first-order valence-corrected chi connectivity index (χ1v) is 10.1. The number of aliphatic imine (C=N–C) groups is 1. The maximum atomic E-state index is 10.8. The lowest BCUT2D eigenvalue weighted by Crippen LogP contribution is -2.36. The Morgan fingerprint density at radius 1 is 1.23 bits per heavy atom. The lowest BCUT2D eigenvalue weighted by atomic mass is 10.1. The highest BCUT2D eigenvalue weighted by Gasteiger charge is 2.17. The molecule has 0 aliphatic carbocycles. The minimum absolute atomic E-state index is 0.0798. The van der Waals surface area contributed by atoms with Gasteiger partial charge in [-0.25, -0.2) is 0 Å². The first-order valence-electron chi connectivity index (χ1n) is 10.1. The van der Waals surface area contributed by atoms with Gasteiger partial charge in [-0.2, -0.15) is 0 Å². The van der Waals surface area contributed by atoms with Crippen molar-refractivity contribution >= 4 is 11.6 Å². The lowest BCUT2D eigenvalue weighted by Gasteiger charge is -2.17. The predicted octanol–water partition coefficient (Wildman–Crippen LogP) is 3.33. The fourth-order valence-electron chi connectivity index (χ4n) is 3.22. The highest BCUT2D eigenvalue weighted by atomic mass is 16.6. The molecule has 2 aromatic carbocycles. The van der Waals surface area contributed by atoms with Crippen LogP contribution in [0.5, 0.6) is 5.75 Å². The summed E-state index contributed by atoms with van der Waals surface area (Å²) in [4.78, 5) is 14.6. The zero-order valence-electron chi connectivity index (χ0n) is 17.4. The Balaban J connectivity index is 1.54. The third-order valence-corrected chi connectivity index (χ3v) is 4.95. The molecule has 1 fully saturated rings. The van der Waals surface area contributed by atoms with E-state index in [0.717, 1.165) is 41.9 Å². The fourth-order valence-corrected chi connectivity index (χ4v) is 3.22. The summed E-state index contributed by atoms with van der Waals surface area (Å²) in [7, 11) is 1.70. The minimum Gasteiger partial charge on any atom is -0.491 e. The van der Waals surface area contributed by atoms with Gasteiger partial charge in [-0.1, -0.05) is 24.3 Å². The van der Waals surface area contributed by atoms with E-state index in [4.69, 9.17) is 9.47 Å². The number of nitrogens with one attached hydrogen (secondary N) is 2. The van der Waals surface area contributed by atoms with Crippen molar-refractivity contribution in [1.82, 2.24) is 10.6 Å². The van der Waals surface area contributed by atoms with Gasteiger partial charge in [-0.05, 0) is 37.0 Å². The second kappa shape index (κ2) is 10.6. The average Bonchev–Trinajstić information content (AvgIpc) is 3.27. The van der Waals surface area contributed by atoms with Gasteiger partial charge in [0.05, 0.1) is 11.0 Å². The monoisotopic (exact) mass is 412 g/mol. The van der Waals surface area contributed by atoms with Crippen LogP contribution in [0.1, 0.15) is 29.5 Å². The van der Waals surface area contributed by atoms with Gasteiger partial charge in [0.1, 0.15) is 12.4 Å². The lowest BCUT2D eigenvalue weighted by molar-refractivity contribution is -0.384. The summed E-state index contributed by atoms with van der Waals surface area (Å²) >= 11 is 0. The summed E-state index contributed by atoms with van der Waals surface area (Å²) in [5, 5.41) is 17.3. The van der Waals surface area contributed by atoms with E-state index in [2.05, 4.69) is 27.8 Å². The van der Waals surface area contributed by atoms with Crippen LogP contribution in [0.25, 0.3) is 0 Å². The molecule has 1 aliphatic rings. The molecule has 30 heavy (non-hydrogen) atoms. The van der Waals surface area contributed by atoms with E-state index in [1.54, 1.807) is 19.2 Å². The molecular formula is C22H28N4O4. The molecule has 8 heteroatoms. The molecule has 0 spiro atoms. The number of benzene rings is 2. The van der Waals surface area contributed by atoms with Crippen LogP contribution >= 0.6 is 0 Å². The summed E-state index contributed by atoms with van der Waals surface area (Å²) in [6, 6.07) is 12.6. The van der Waals surface area contributed by atoms with Crippen LogP contribution in [0.15, 0.2) is 47.5 Å². The quantitative estimate of drug-likeness (QED) is 0.299. The summed E-state index contributed by atoms with van der Waals surface area (Å²) in [5.74, 6) is 1.49. The van der Waals surface area contributed by atoms with Gasteiger partial charge in [-0.3, -0.25) is 15.1 Å². The molecule has 0 amide bonds. The van der Waals surface area contributed by atoms with Crippen LogP contribution in [0.4, 0.5) is 5.69 Å². The Labute approximate surface area is 176 Å². The predicted molar refractivity (Wildman–Crippen MR) is 116 cm³/mol. The number of nitro benzene ring substituents is 1. The molecule has 0 bridgehead atoms. The summed E-state index contributed by atoms with van der Waals surface area (Å²) in [6.45, 7) is 4.48. The number of guanidine groups is 1. The molecular weight excluding hydrogens is 384 g/mol. The first-order chi connectivity index (χ1) is 14.5. The first kappa shape index (κ1) is 21.6. The van der Waals surface area contributed by atoms with Crippen molar-refractivity contribution in [3.63, 3.8) is 0 Å². The topological polar surface area (TPSA) is 98.0 Å². The van der Waals surface area contributed by atoms with E-state index >= 15 is 0 Å². The largest absolute Gasteiger partial charge is 0.491 e. The Morgan fingerprint density at radius 3 is 2.67 bits per heavy atom. The molecule has 8 nitrogen and oxygen atoms in total. The number of rotatable bonds is 8. The molecule has 1 aliphatic heterocycles. The van der Waals surface area contributed by atoms with E-state index in [-0.39, 0.29) is 11.8 Å². The van der Waals surface area contributed by atoms with E-state index in [0.29, 0.717) is 25.7 Å². The highest BCUT2D eigenvalue weighted by molar-refractivity contribution is 5.79. The Bertz CT molecular complexity index is 877. The Kier molecular flexibility index (Phi) is 7.62. The number of ether oxygens (including phenoxy) is 2. The smallest absolute Gasteiger partial charge is 0.269 e. The molecule has 160 valence electrons. The van der Waals surface area contributed by atoms with Crippen molar-refractivity contribution in [2.24, 2.45) is 4.99 Å². The normalized spacial score (nSPS) is 16.3. The van der Waals surface area contributed by atoms with Gasteiger partial charge in [-0.15, -0.1) is 0 Å². The fraction of sp³-hybridized carbons (Fsp3) is 0.409. The second-order valence-electron chi connectivity index (χ2n) is 7.26. The number of hydrogen-bond acceptors (Lipinski definition) is 5. The van der Waals surface area contributed by atoms with Gasteiger partial charge in [0, 0.05) is 44.4 Å². The summed E-state index contributed by atoms with van der Waals surface area (Å²) in [6.07, 6.45) is 2.30. The van der Waals surface area contributed by atoms with Crippen molar-refractivity contribution in [2.45, 2.75) is 39.0 Å². The Hall–Kier alpha value is -3.13. The highest BCUT2D eigenvalue weighted by Crippen LogP contribution is 2.22. The van der Waals surface area contributed by atoms with Crippen LogP contribution in [0.2, 0.25) is 0 Å². The standard InChI is InChI=1S/C22H28N4O4/c1-16-5-8-18(21(12-16)30-15-20-4-3-11-29-20)14-25-22(23-2)24-13-17-6-9-19(10-7-17)26(27)28/h5-10,12,20H,3-4,11,13-15H2,1-2H3,(H2,23,24,25). The van der Waals surface area contributed by atoms with Crippen LogP contribution in [0, 0.1) is 17.0 Å². The molecule has 3 rings (SSSR count). The number of nitro groups is 1. The van der Waals surface area contributed by atoms with Crippen molar-refractivity contribution in [1.29, 1.82) is 0 Å². The number of nitrogens with zero attached hydrogens (tertiary/aromatic N) is 2. The molecule has 2 aromatic rings. The molecule has 0 aromatic heterocycles. The second-order valence-corrected chi connectivity index (χ2v) is 7.26. The van der Waals surface area contributed by atoms with Crippen molar-refractivity contribution in [3.8, 4) is 5.75 Å². The van der Waals surface area contributed by atoms with E-state index in [1.807, 2.05) is 13.0 Å². The summed E-state index contributed by atoms with van der Waals surface area (Å²) < 4.78 is 11.7. The zero-order valence-corrected chi connectivity index (χ0v) is 17.4. The van der Waals surface area contributed by atoms with Gasteiger partial charge in [0.2, 0.25) is 0 Å². The molecule has 1 unspecified atom stereocenters. The van der Waals surface area contributed by atoms with Crippen LogP contribution in [-0.4, -0.2) is 37.2 Å². The SMILES string of the molecule is CN=C(NCc1ccc([N+](=O)[O-])cc1)NCc1ccc(C)cc1OCC1CCCO1. The third-order valence-electron chi connectivity index (χ3n) is 4.95. The summed E-state index contributed by atoms with van der Waals surface area (Å²) in [5.41, 5.74) is 3.19. The van der Waals surface area contributed by atoms with Crippen molar-refractivity contribution < 1.29 is 14.4 Å². The van der Waals surface area contributed by atoms with Gasteiger partial charge in [0.25, 0.3) is 5.69 Å². The molecule has 0 radical (unpaired) electrons. The zero-order chi connectivity index (χ0) is 21.3. The maximum Gasteiger partial charge on any atom is 0.269 e. The number of non-ortho nitro benzene ring substituents is 1. The molecule has 0 saturated carbocycles. The molecule has 2 N–H and O–H groups in total. The van der Waals surface area contributed by atoms with Crippen molar-refractivity contribution in [2.75, 3.05) is 20.3 Å². The molecule has 1 saturated heterocycles. The number of hydrogen-bond donors (Lipinski definition) is 2.